The summed E-state index contributed by atoms with van der Waals surface area (Å²) in [5.41, 5.74) is 0.616. The summed E-state index contributed by atoms with van der Waals surface area (Å²) in [4.78, 5) is 12.5. The minimum atomic E-state index is -1.65. The van der Waals surface area contributed by atoms with Crippen molar-refractivity contribution in [2.75, 3.05) is 0 Å². The molecule has 4 aliphatic rings. The highest BCUT2D eigenvalue weighted by atomic mass is 28.4. The van der Waals surface area contributed by atoms with E-state index in [0.29, 0.717) is 17.1 Å². The van der Waals surface area contributed by atoms with E-state index in [1.165, 1.54) is 44.9 Å². The summed E-state index contributed by atoms with van der Waals surface area (Å²) < 4.78 is 13.7. The van der Waals surface area contributed by atoms with Crippen molar-refractivity contribution in [3.63, 3.8) is 0 Å². The summed E-state index contributed by atoms with van der Waals surface area (Å²) in [6.07, 6.45) is 10.6. The van der Waals surface area contributed by atoms with Crippen LogP contribution in [0, 0.1) is 40.4 Å². The number of carbonyl (C=O) groups excluding carboxylic acids is 1. The lowest BCUT2D eigenvalue weighted by atomic mass is 9.44. The molecule has 0 heterocycles. The molecule has 0 aromatic carbocycles. The molecular formula is C27H50O3Si2. The van der Waals surface area contributed by atoms with Gasteiger partial charge < -0.3 is 8.85 Å². The van der Waals surface area contributed by atoms with E-state index in [1.807, 2.05) is 6.92 Å². The lowest BCUT2D eigenvalue weighted by Gasteiger charge is -2.62. The van der Waals surface area contributed by atoms with Crippen LogP contribution in [0.25, 0.3) is 0 Å². The van der Waals surface area contributed by atoms with Crippen LogP contribution in [0.3, 0.4) is 0 Å². The fourth-order valence-corrected chi connectivity index (χ4v) is 11.4. The van der Waals surface area contributed by atoms with Crippen LogP contribution in [-0.4, -0.2) is 34.6 Å². The fraction of sp³-hybridized carbons (Fsp3) is 0.963. The molecular weight excluding hydrogens is 428 g/mol. The Balaban J connectivity index is 1.60. The third-order valence-electron chi connectivity index (χ3n) is 10.1. The molecule has 0 aromatic heterocycles. The van der Waals surface area contributed by atoms with Gasteiger partial charge in [-0.3, -0.25) is 4.79 Å². The van der Waals surface area contributed by atoms with Crippen LogP contribution in [-0.2, 0) is 13.6 Å². The number of rotatable bonds is 5. The zero-order valence-corrected chi connectivity index (χ0v) is 24.4. The van der Waals surface area contributed by atoms with Gasteiger partial charge >= 0.3 is 0 Å². The zero-order valence-electron chi connectivity index (χ0n) is 22.4. The predicted octanol–water partition coefficient (Wildman–Crippen LogP) is 7.28. The molecule has 0 amide bonds. The van der Waals surface area contributed by atoms with E-state index in [9.17, 15) is 4.79 Å². The Hall–Kier alpha value is 0.0238. The van der Waals surface area contributed by atoms with Gasteiger partial charge in [-0.25, -0.2) is 0 Å². The van der Waals surface area contributed by atoms with Crippen LogP contribution in [0.1, 0.15) is 72.1 Å². The molecule has 0 radical (unpaired) electrons. The summed E-state index contributed by atoms with van der Waals surface area (Å²) >= 11 is 0. The number of hydrogen-bond donors (Lipinski definition) is 0. The van der Waals surface area contributed by atoms with Gasteiger partial charge in [0.25, 0.3) is 0 Å². The maximum absolute atomic E-state index is 12.5. The fourth-order valence-electron chi connectivity index (χ4n) is 9.05. The van der Waals surface area contributed by atoms with Crippen molar-refractivity contribution < 1.29 is 13.6 Å². The highest BCUT2D eigenvalue weighted by molar-refractivity contribution is 6.70. The van der Waals surface area contributed by atoms with Crippen LogP contribution in [0.4, 0.5) is 0 Å². The van der Waals surface area contributed by atoms with E-state index in [4.69, 9.17) is 8.85 Å². The second kappa shape index (κ2) is 8.31. The monoisotopic (exact) mass is 478 g/mol. The van der Waals surface area contributed by atoms with Crippen LogP contribution in [0.2, 0.25) is 39.3 Å². The van der Waals surface area contributed by atoms with Crippen molar-refractivity contribution >= 4 is 22.4 Å². The van der Waals surface area contributed by atoms with Gasteiger partial charge in [-0.05, 0) is 132 Å². The highest BCUT2D eigenvalue weighted by Crippen LogP contribution is 2.67. The second-order valence-corrected chi connectivity index (χ2v) is 23.3. The lowest BCUT2D eigenvalue weighted by molar-refractivity contribution is -0.155. The van der Waals surface area contributed by atoms with Crippen molar-refractivity contribution in [3.8, 4) is 0 Å². The van der Waals surface area contributed by atoms with Gasteiger partial charge in [-0.15, -0.1) is 0 Å². The third kappa shape index (κ3) is 4.49. The predicted molar refractivity (Wildman–Crippen MR) is 138 cm³/mol. The largest absolute Gasteiger partial charge is 0.412 e. The van der Waals surface area contributed by atoms with Crippen molar-refractivity contribution in [3.05, 3.63) is 0 Å². The van der Waals surface area contributed by atoms with E-state index >= 15 is 0 Å². The standard InChI is InChI=1S/C27H50O3Si2/c1-18(28)21-12-13-22-20-11-10-19-16-24(29-31(4,5)6)25(30-32(7,8)9)17-27(19,3)23(20)14-15-26(21,22)2/h19-25H,10-17H2,1-9H3/t19?,20?,21-,22?,23?,24?,25?,26-,27+/m1/s1. The van der Waals surface area contributed by atoms with E-state index in [2.05, 4.69) is 53.1 Å². The Labute approximate surface area is 200 Å². The molecule has 0 bridgehead atoms. The topological polar surface area (TPSA) is 35.5 Å². The van der Waals surface area contributed by atoms with E-state index in [1.54, 1.807) is 0 Å². The van der Waals surface area contributed by atoms with E-state index in [0.717, 1.165) is 30.1 Å². The molecule has 9 atom stereocenters. The summed E-state index contributed by atoms with van der Waals surface area (Å²) in [6, 6.07) is 0. The summed E-state index contributed by atoms with van der Waals surface area (Å²) in [5, 5.41) is 0. The molecule has 0 aliphatic heterocycles. The second-order valence-electron chi connectivity index (χ2n) is 14.4. The number of ketones is 1. The third-order valence-corrected chi connectivity index (χ3v) is 12.2. The van der Waals surface area contributed by atoms with E-state index < -0.39 is 16.6 Å². The lowest BCUT2D eigenvalue weighted by Crippen LogP contribution is -2.59. The first-order valence-corrected chi connectivity index (χ1v) is 20.3. The Morgan fingerprint density at radius 3 is 1.97 bits per heavy atom. The molecule has 184 valence electrons. The van der Waals surface area contributed by atoms with Crippen molar-refractivity contribution in [1.29, 1.82) is 0 Å². The first-order valence-electron chi connectivity index (χ1n) is 13.5. The van der Waals surface area contributed by atoms with Gasteiger partial charge in [0.2, 0.25) is 0 Å². The average molecular weight is 479 g/mol. The normalized spacial score (nSPS) is 46.8. The maximum Gasteiger partial charge on any atom is 0.184 e. The summed E-state index contributed by atoms with van der Waals surface area (Å²) in [6.45, 7) is 20.9. The number of fused-ring (bicyclic) bond motifs is 5. The SMILES string of the molecule is CC(=O)[C@H]1CCC2C3CCC4CC(O[Si](C)(C)C)C(O[Si](C)(C)C)C[C@]4(C)C3CC[C@@]21C. The van der Waals surface area contributed by atoms with Crippen LogP contribution >= 0.6 is 0 Å². The molecule has 6 unspecified atom stereocenters. The van der Waals surface area contributed by atoms with Gasteiger partial charge in [0, 0.05) is 5.92 Å². The van der Waals surface area contributed by atoms with Gasteiger partial charge in [-0.2, -0.15) is 0 Å². The van der Waals surface area contributed by atoms with Crippen molar-refractivity contribution in [2.24, 2.45) is 40.4 Å². The quantitative estimate of drug-likeness (QED) is 0.389. The van der Waals surface area contributed by atoms with Gasteiger partial charge in [0.1, 0.15) is 5.78 Å². The van der Waals surface area contributed by atoms with Crippen LogP contribution in [0.15, 0.2) is 0 Å². The average Bonchev–Trinajstić information content (AvgIpc) is 2.97. The first-order chi connectivity index (χ1) is 14.6. The van der Waals surface area contributed by atoms with E-state index in [-0.39, 0.29) is 17.6 Å². The van der Waals surface area contributed by atoms with Crippen molar-refractivity contribution in [1.82, 2.24) is 0 Å². The molecule has 4 fully saturated rings. The smallest absolute Gasteiger partial charge is 0.184 e. The molecule has 4 saturated carbocycles. The Morgan fingerprint density at radius 2 is 1.38 bits per heavy atom. The molecule has 3 nitrogen and oxygen atoms in total. The van der Waals surface area contributed by atoms with Gasteiger partial charge in [0.05, 0.1) is 12.2 Å². The van der Waals surface area contributed by atoms with Gasteiger partial charge in [-0.1, -0.05) is 13.8 Å². The van der Waals surface area contributed by atoms with Crippen LogP contribution in [0.5, 0.6) is 0 Å². The van der Waals surface area contributed by atoms with Crippen LogP contribution < -0.4 is 0 Å². The maximum atomic E-state index is 12.5. The number of hydrogen-bond acceptors (Lipinski definition) is 3. The minimum Gasteiger partial charge on any atom is -0.412 e. The molecule has 0 spiro atoms. The number of Topliss-reactive ketones (excluding diaryl/α,β-unsaturated/α-hetero) is 1. The molecule has 5 heteroatoms. The molecule has 32 heavy (non-hydrogen) atoms. The van der Waals surface area contributed by atoms with Gasteiger partial charge in [0.15, 0.2) is 16.6 Å². The Bertz CT molecular complexity index is 725. The molecule has 0 aromatic rings. The van der Waals surface area contributed by atoms with Crippen molar-refractivity contribution in [2.45, 2.75) is 124 Å². The molecule has 4 aliphatic carbocycles. The number of carbonyl (C=O) groups is 1. The Kier molecular flexibility index (Phi) is 6.52. The summed E-state index contributed by atoms with van der Waals surface area (Å²) in [5.74, 6) is 3.87. The Morgan fingerprint density at radius 1 is 0.781 bits per heavy atom. The minimum absolute atomic E-state index is 0.253. The first kappa shape index (κ1) is 25.1. The molecule has 0 N–H and O–H groups in total. The highest BCUT2D eigenvalue weighted by Gasteiger charge is 2.62. The zero-order chi connectivity index (χ0) is 23.7. The summed E-state index contributed by atoms with van der Waals surface area (Å²) in [7, 11) is -3.27. The molecule has 0 saturated heterocycles. The molecule has 4 rings (SSSR count).